The fourth-order valence-electron chi connectivity index (χ4n) is 2.52. The average molecular weight is 286 g/mol. The molecule has 0 aromatic carbocycles. The van der Waals surface area contributed by atoms with E-state index in [9.17, 15) is 19.5 Å². The number of aliphatic carboxylic acids is 1. The second kappa shape index (κ2) is 7.12. The van der Waals surface area contributed by atoms with Crippen LogP contribution in [0.15, 0.2) is 0 Å². The molecule has 1 aliphatic heterocycles. The van der Waals surface area contributed by atoms with E-state index in [1.807, 2.05) is 0 Å². The normalized spacial score (nSPS) is 21.6. The monoisotopic (exact) mass is 286 g/mol. The van der Waals surface area contributed by atoms with Gasteiger partial charge in [0.05, 0.1) is 13.0 Å². The van der Waals surface area contributed by atoms with Crippen LogP contribution in [0.5, 0.6) is 0 Å². The molecule has 0 spiro atoms. The number of likely N-dealkylation sites (tertiary alicyclic amines) is 1. The molecule has 1 aliphatic rings. The van der Waals surface area contributed by atoms with Crippen molar-refractivity contribution in [3.8, 4) is 0 Å². The van der Waals surface area contributed by atoms with E-state index < -0.39 is 17.5 Å². The molecule has 114 valence electrons. The highest BCUT2D eigenvalue weighted by atomic mass is 16.5. The third-order valence-corrected chi connectivity index (χ3v) is 3.63. The molecular weight excluding hydrogens is 264 g/mol. The Morgan fingerprint density at radius 1 is 1.35 bits per heavy atom. The maximum atomic E-state index is 12.1. The Morgan fingerprint density at radius 3 is 2.60 bits per heavy atom. The number of ether oxygens (including phenoxy) is 1. The van der Waals surface area contributed by atoms with Gasteiger partial charge in [0.15, 0.2) is 0 Å². The highest BCUT2D eigenvalue weighted by Crippen LogP contribution is 2.32. The quantitative estimate of drug-likeness (QED) is 0.709. The largest absolute Gasteiger partial charge is 0.479 e. The lowest BCUT2D eigenvalue weighted by Crippen LogP contribution is -2.55. The minimum atomic E-state index is -1.12. The molecule has 20 heavy (non-hydrogen) atoms. The van der Waals surface area contributed by atoms with Gasteiger partial charge in [-0.15, -0.1) is 0 Å². The summed E-state index contributed by atoms with van der Waals surface area (Å²) in [5.41, 5.74) is -1.12. The van der Waals surface area contributed by atoms with Crippen molar-refractivity contribution in [3.05, 3.63) is 0 Å². The Morgan fingerprint density at radius 2 is 2.05 bits per heavy atom. The van der Waals surface area contributed by atoms with Gasteiger partial charge in [0.2, 0.25) is 0 Å². The molecule has 1 rings (SSSR count). The van der Waals surface area contributed by atoms with Crippen molar-refractivity contribution in [2.24, 2.45) is 0 Å². The average Bonchev–Trinajstić information content (AvgIpc) is 2.84. The Bertz CT molecular complexity index is 385. The van der Waals surface area contributed by atoms with Gasteiger partial charge in [0.25, 0.3) is 0 Å². The summed E-state index contributed by atoms with van der Waals surface area (Å²) >= 11 is 0. The number of urea groups is 1. The molecule has 1 unspecified atom stereocenters. The van der Waals surface area contributed by atoms with Gasteiger partial charge in [-0.3, -0.25) is 4.79 Å². The van der Waals surface area contributed by atoms with Crippen LogP contribution in [0.1, 0.15) is 39.5 Å². The van der Waals surface area contributed by atoms with Gasteiger partial charge >= 0.3 is 18.0 Å². The molecule has 1 saturated heterocycles. The predicted molar refractivity (Wildman–Crippen MR) is 71.2 cm³/mol. The van der Waals surface area contributed by atoms with E-state index in [1.54, 1.807) is 13.8 Å². The van der Waals surface area contributed by atoms with Crippen LogP contribution in [0.2, 0.25) is 0 Å². The van der Waals surface area contributed by atoms with Crippen LogP contribution in [-0.2, 0) is 14.3 Å². The van der Waals surface area contributed by atoms with Gasteiger partial charge < -0.3 is 20.1 Å². The summed E-state index contributed by atoms with van der Waals surface area (Å²) in [6.45, 7) is 4.34. The second-order valence-corrected chi connectivity index (χ2v) is 4.73. The molecule has 2 N–H and O–H groups in total. The zero-order valence-electron chi connectivity index (χ0n) is 12.0. The first-order chi connectivity index (χ1) is 9.47. The molecule has 1 heterocycles. The minimum Gasteiger partial charge on any atom is -0.479 e. The molecule has 7 heteroatoms. The van der Waals surface area contributed by atoms with Crippen LogP contribution >= 0.6 is 0 Å². The Hall–Kier alpha value is -1.79. The van der Waals surface area contributed by atoms with Crippen molar-refractivity contribution < 1.29 is 24.2 Å². The number of esters is 1. The number of hydrogen-bond acceptors (Lipinski definition) is 4. The Kier molecular flexibility index (Phi) is 5.79. The molecule has 0 radical (unpaired) electrons. The molecule has 0 aromatic heterocycles. The summed E-state index contributed by atoms with van der Waals surface area (Å²) < 4.78 is 4.75. The van der Waals surface area contributed by atoms with Gasteiger partial charge in [-0.25, -0.2) is 9.59 Å². The number of rotatable bonds is 6. The second-order valence-electron chi connectivity index (χ2n) is 4.73. The number of nitrogens with zero attached hydrogens (tertiary/aromatic N) is 1. The van der Waals surface area contributed by atoms with Gasteiger partial charge in [-0.1, -0.05) is 6.92 Å². The van der Waals surface area contributed by atoms with Crippen LogP contribution in [0, 0.1) is 0 Å². The first-order valence-electron chi connectivity index (χ1n) is 6.92. The predicted octanol–water partition coefficient (Wildman–Crippen LogP) is 0.978. The van der Waals surface area contributed by atoms with Crippen LogP contribution in [0.25, 0.3) is 0 Å². The lowest BCUT2D eigenvalue weighted by Gasteiger charge is -2.33. The third-order valence-electron chi connectivity index (χ3n) is 3.63. The zero-order valence-corrected chi connectivity index (χ0v) is 12.0. The lowest BCUT2D eigenvalue weighted by atomic mass is 9.93. The number of carbonyl (C=O) groups is 3. The summed E-state index contributed by atoms with van der Waals surface area (Å²) in [5.74, 6) is -1.35. The highest BCUT2D eigenvalue weighted by molar-refractivity contribution is 5.87. The zero-order chi connectivity index (χ0) is 15.2. The number of carboxylic acids is 1. The molecule has 1 fully saturated rings. The molecule has 2 amide bonds. The van der Waals surface area contributed by atoms with E-state index in [0.29, 0.717) is 32.4 Å². The number of carbonyl (C=O) groups excluding carboxylic acids is 2. The van der Waals surface area contributed by atoms with Gasteiger partial charge in [-0.05, 0) is 26.2 Å². The van der Waals surface area contributed by atoms with Crippen LogP contribution in [0.4, 0.5) is 4.79 Å². The Balaban J connectivity index is 2.54. The molecule has 7 nitrogen and oxygen atoms in total. The first-order valence-corrected chi connectivity index (χ1v) is 6.92. The third kappa shape index (κ3) is 3.40. The Labute approximate surface area is 118 Å². The number of nitrogens with one attached hydrogen (secondary N) is 1. The number of amides is 2. The molecule has 0 bridgehead atoms. The van der Waals surface area contributed by atoms with E-state index >= 15 is 0 Å². The van der Waals surface area contributed by atoms with Crippen molar-refractivity contribution in [3.63, 3.8) is 0 Å². The van der Waals surface area contributed by atoms with Gasteiger partial charge in [-0.2, -0.15) is 0 Å². The maximum Gasteiger partial charge on any atom is 0.329 e. The molecular formula is C13H22N2O5. The van der Waals surface area contributed by atoms with Crippen molar-refractivity contribution in [1.82, 2.24) is 10.2 Å². The SMILES string of the molecule is CCOC(=O)CCNC(=O)N1CCCC1(CC)C(=O)O. The summed E-state index contributed by atoms with van der Waals surface area (Å²) in [5, 5.41) is 12.0. The van der Waals surface area contributed by atoms with Crippen LogP contribution in [0.3, 0.4) is 0 Å². The minimum absolute atomic E-state index is 0.0830. The van der Waals surface area contributed by atoms with E-state index in [2.05, 4.69) is 5.32 Å². The smallest absolute Gasteiger partial charge is 0.329 e. The molecule has 0 aromatic rings. The lowest BCUT2D eigenvalue weighted by molar-refractivity contribution is -0.148. The fraction of sp³-hybridized carbons (Fsp3) is 0.769. The summed E-state index contributed by atoms with van der Waals surface area (Å²) in [6, 6.07) is -0.434. The molecule has 0 aliphatic carbocycles. The highest BCUT2D eigenvalue weighted by Gasteiger charge is 2.48. The number of carboxylic acid groups (broad SMARTS) is 1. The van der Waals surface area contributed by atoms with Crippen LogP contribution < -0.4 is 5.32 Å². The standard InChI is InChI=1S/C13H22N2O5/c1-3-13(11(17)18)7-5-9-15(13)12(19)14-8-6-10(16)20-4-2/h3-9H2,1-2H3,(H,14,19)(H,17,18). The van der Waals surface area contributed by atoms with E-state index in [-0.39, 0.29) is 18.9 Å². The van der Waals surface area contributed by atoms with E-state index in [0.717, 1.165) is 0 Å². The summed E-state index contributed by atoms with van der Waals surface area (Å²) in [6.07, 6.45) is 1.59. The topological polar surface area (TPSA) is 95.9 Å². The summed E-state index contributed by atoms with van der Waals surface area (Å²) in [4.78, 5) is 36.0. The number of hydrogen-bond donors (Lipinski definition) is 2. The van der Waals surface area contributed by atoms with Crippen molar-refractivity contribution in [1.29, 1.82) is 0 Å². The van der Waals surface area contributed by atoms with E-state index in [4.69, 9.17) is 4.74 Å². The maximum absolute atomic E-state index is 12.1. The molecule has 1 atom stereocenters. The fourth-order valence-corrected chi connectivity index (χ4v) is 2.52. The van der Waals surface area contributed by atoms with E-state index in [1.165, 1.54) is 4.90 Å². The van der Waals surface area contributed by atoms with Crippen molar-refractivity contribution in [2.75, 3.05) is 19.7 Å². The van der Waals surface area contributed by atoms with Crippen LogP contribution in [-0.4, -0.2) is 53.2 Å². The van der Waals surface area contributed by atoms with Crippen molar-refractivity contribution in [2.45, 2.75) is 45.1 Å². The van der Waals surface area contributed by atoms with Gasteiger partial charge in [0, 0.05) is 13.1 Å². The van der Waals surface area contributed by atoms with Crippen molar-refractivity contribution >= 4 is 18.0 Å². The van der Waals surface area contributed by atoms with Gasteiger partial charge in [0.1, 0.15) is 5.54 Å². The summed E-state index contributed by atoms with van der Waals surface area (Å²) in [7, 11) is 0. The molecule has 0 saturated carbocycles. The first kappa shape index (κ1) is 16.3.